The number of likely N-dealkylation sites (tertiary alicyclic amines) is 1. The molecule has 3 atom stereocenters. The summed E-state index contributed by atoms with van der Waals surface area (Å²) in [6.07, 6.45) is 3.16. The Morgan fingerprint density at radius 2 is 2.13 bits per heavy atom. The molecule has 2 aliphatic heterocycles. The molecule has 0 aromatic heterocycles. The molecule has 15 heavy (non-hydrogen) atoms. The van der Waals surface area contributed by atoms with E-state index in [4.69, 9.17) is 4.74 Å². The molecule has 3 unspecified atom stereocenters. The summed E-state index contributed by atoms with van der Waals surface area (Å²) >= 11 is 0. The molecular formula is C12H23NO2. The Balaban J connectivity index is 2.01. The lowest BCUT2D eigenvalue weighted by molar-refractivity contribution is -0.0690. The summed E-state index contributed by atoms with van der Waals surface area (Å²) in [5.41, 5.74) is 0. The second-order valence-corrected chi connectivity index (χ2v) is 5.19. The van der Waals surface area contributed by atoms with Crippen molar-refractivity contribution >= 4 is 0 Å². The van der Waals surface area contributed by atoms with E-state index in [-0.39, 0.29) is 12.1 Å². The molecule has 0 saturated carbocycles. The number of hydrogen-bond donors (Lipinski definition) is 1. The van der Waals surface area contributed by atoms with Crippen molar-refractivity contribution in [1.82, 2.24) is 4.90 Å². The summed E-state index contributed by atoms with van der Waals surface area (Å²) in [7, 11) is 0. The lowest BCUT2D eigenvalue weighted by Gasteiger charge is -2.39. The molecule has 2 fully saturated rings. The van der Waals surface area contributed by atoms with Gasteiger partial charge < -0.3 is 9.84 Å². The number of nitrogens with zero attached hydrogens (tertiary/aromatic N) is 1. The van der Waals surface area contributed by atoms with E-state index >= 15 is 0 Å². The second kappa shape index (κ2) is 4.81. The molecule has 0 aliphatic carbocycles. The molecule has 0 radical (unpaired) electrons. The van der Waals surface area contributed by atoms with Crippen LogP contribution in [0.2, 0.25) is 0 Å². The standard InChI is InChI=1S/C12H23NO2/c1-9(2)10-4-3-6-13(10)11-8-15-7-5-12(11)14/h9-12,14H,3-8H2,1-2H3. The molecule has 2 saturated heterocycles. The van der Waals surface area contributed by atoms with E-state index in [1.165, 1.54) is 12.8 Å². The van der Waals surface area contributed by atoms with Gasteiger partial charge in [-0.15, -0.1) is 0 Å². The summed E-state index contributed by atoms with van der Waals surface area (Å²) in [4.78, 5) is 2.48. The molecule has 2 heterocycles. The Kier molecular flexibility index (Phi) is 3.65. The smallest absolute Gasteiger partial charge is 0.0739 e. The van der Waals surface area contributed by atoms with Gasteiger partial charge in [0, 0.05) is 12.6 Å². The lowest BCUT2D eigenvalue weighted by atomic mass is 9.98. The molecule has 0 bridgehead atoms. The van der Waals surface area contributed by atoms with Gasteiger partial charge in [0.15, 0.2) is 0 Å². The molecule has 2 rings (SSSR count). The number of ether oxygens (including phenoxy) is 1. The van der Waals surface area contributed by atoms with E-state index in [0.29, 0.717) is 18.6 Å². The average molecular weight is 213 g/mol. The molecule has 0 amide bonds. The van der Waals surface area contributed by atoms with E-state index in [0.717, 1.165) is 19.6 Å². The highest BCUT2D eigenvalue weighted by Gasteiger charge is 2.37. The van der Waals surface area contributed by atoms with Crippen molar-refractivity contribution in [3.8, 4) is 0 Å². The number of hydrogen-bond acceptors (Lipinski definition) is 3. The predicted molar refractivity (Wildman–Crippen MR) is 59.8 cm³/mol. The Hall–Kier alpha value is -0.120. The maximum absolute atomic E-state index is 10.0. The molecule has 0 aromatic rings. The van der Waals surface area contributed by atoms with Crippen molar-refractivity contribution in [2.24, 2.45) is 5.92 Å². The van der Waals surface area contributed by atoms with Crippen LogP contribution in [0.15, 0.2) is 0 Å². The van der Waals surface area contributed by atoms with Crippen LogP contribution in [0.4, 0.5) is 0 Å². The minimum absolute atomic E-state index is 0.182. The zero-order chi connectivity index (χ0) is 10.8. The fourth-order valence-electron chi connectivity index (χ4n) is 2.97. The van der Waals surface area contributed by atoms with Crippen molar-refractivity contribution in [3.05, 3.63) is 0 Å². The van der Waals surface area contributed by atoms with Gasteiger partial charge in [0.25, 0.3) is 0 Å². The monoisotopic (exact) mass is 213 g/mol. The Bertz CT molecular complexity index is 208. The zero-order valence-corrected chi connectivity index (χ0v) is 9.85. The van der Waals surface area contributed by atoms with Crippen LogP contribution in [0, 0.1) is 5.92 Å². The SMILES string of the molecule is CC(C)C1CCCN1C1COCCC1O. The Morgan fingerprint density at radius 3 is 2.80 bits per heavy atom. The van der Waals surface area contributed by atoms with Crippen LogP contribution in [-0.4, -0.2) is 48.0 Å². The van der Waals surface area contributed by atoms with Crippen molar-refractivity contribution in [3.63, 3.8) is 0 Å². The number of aliphatic hydroxyl groups is 1. The molecule has 2 aliphatic rings. The van der Waals surface area contributed by atoms with Crippen LogP contribution in [0.5, 0.6) is 0 Å². The van der Waals surface area contributed by atoms with Gasteiger partial charge in [-0.2, -0.15) is 0 Å². The summed E-state index contributed by atoms with van der Waals surface area (Å²) in [5.74, 6) is 0.682. The molecule has 3 heteroatoms. The van der Waals surface area contributed by atoms with Crippen molar-refractivity contribution in [2.45, 2.75) is 51.3 Å². The van der Waals surface area contributed by atoms with Crippen molar-refractivity contribution < 1.29 is 9.84 Å². The highest BCUT2D eigenvalue weighted by Crippen LogP contribution is 2.28. The first kappa shape index (κ1) is 11.4. The van der Waals surface area contributed by atoms with Crippen LogP contribution in [0.25, 0.3) is 0 Å². The zero-order valence-electron chi connectivity index (χ0n) is 9.85. The molecule has 0 aromatic carbocycles. The quantitative estimate of drug-likeness (QED) is 0.749. The van der Waals surface area contributed by atoms with Gasteiger partial charge >= 0.3 is 0 Å². The summed E-state index contributed by atoms with van der Waals surface area (Å²) in [6.45, 7) is 7.12. The average Bonchev–Trinajstić information content (AvgIpc) is 2.67. The van der Waals surface area contributed by atoms with Gasteiger partial charge in [0.1, 0.15) is 0 Å². The van der Waals surface area contributed by atoms with E-state index < -0.39 is 0 Å². The third kappa shape index (κ3) is 2.35. The summed E-state index contributed by atoms with van der Waals surface area (Å²) < 4.78 is 5.49. The predicted octanol–water partition coefficient (Wildman–Crippen LogP) is 1.26. The molecule has 3 nitrogen and oxygen atoms in total. The molecule has 0 spiro atoms. The highest BCUT2D eigenvalue weighted by molar-refractivity contribution is 4.91. The van der Waals surface area contributed by atoms with Gasteiger partial charge in [-0.25, -0.2) is 0 Å². The topological polar surface area (TPSA) is 32.7 Å². The van der Waals surface area contributed by atoms with Gasteiger partial charge in [0.05, 0.1) is 18.8 Å². The van der Waals surface area contributed by atoms with Crippen molar-refractivity contribution in [1.29, 1.82) is 0 Å². The molecule has 88 valence electrons. The van der Waals surface area contributed by atoms with Crippen LogP contribution in [0.3, 0.4) is 0 Å². The van der Waals surface area contributed by atoms with E-state index in [1.54, 1.807) is 0 Å². The normalized spacial score (nSPS) is 38.8. The van der Waals surface area contributed by atoms with Gasteiger partial charge in [-0.1, -0.05) is 13.8 Å². The highest BCUT2D eigenvalue weighted by atomic mass is 16.5. The largest absolute Gasteiger partial charge is 0.391 e. The first-order valence-electron chi connectivity index (χ1n) is 6.21. The summed E-state index contributed by atoms with van der Waals surface area (Å²) in [5, 5.41) is 10.0. The number of rotatable bonds is 2. The second-order valence-electron chi connectivity index (χ2n) is 5.19. The van der Waals surface area contributed by atoms with Gasteiger partial charge in [-0.3, -0.25) is 4.90 Å². The Morgan fingerprint density at radius 1 is 1.33 bits per heavy atom. The van der Waals surface area contributed by atoms with Gasteiger partial charge in [-0.05, 0) is 31.7 Å². The minimum Gasteiger partial charge on any atom is -0.391 e. The maximum atomic E-state index is 10.0. The lowest BCUT2D eigenvalue weighted by Crippen LogP contribution is -2.52. The van der Waals surface area contributed by atoms with E-state index in [2.05, 4.69) is 18.7 Å². The third-order valence-electron chi connectivity index (χ3n) is 3.83. The molecule has 1 N–H and O–H groups in total. The fraction of sp³-hybridized carbons (Fsp3) is 1.00. The van der Waals surface area contributed by atoms with E-state index in [1.807, 2.05) is 0 Å². The Labute approximate surface area is 92.4 Å². The summed E-state index contributed by atoms with van der Waals surface area (Å²) in [6, 6.07) is 0.889. The first-order valence-corrected chi connectivity index (χ1v) is 6.21. The minimum atomic E-state index is -0.182. The maximum Gasteiger partial charge on any atom is 0.0739 e. The molecular weight excluding hydrogens is 190 g/mol. The third-order valence-corrected chi connectivity index (χ3v) is 3.83. The van der Waals surface area contributed by atoms with Gasteiger partial charge in [0.2, 0.25) is 0 Å². The first-order chi connectivity index (χ1) is 7.20. The number of aliphatic hydroxyl groups excluding tert-OH is 1. The van der Waals surface area contributed by atoms with Crippen molar-refractivity contribution in [2.75, 3.05) is 19.8 Å². The van der Waals surface area contributed by atoms with E-state index in [9.17, 15) is 5.11 Å². The van der Waals surface area contributed by atoms with Crippen LogP contribution in [0.1, 0.15) is 33.1 Å². The van der Waals surface area contributed by atoms with Crippen LogP contribution >= 0.6 is 0 Å². The van der Waals surface area contributed by atoms with Crippen LogP contribution < -0.4 is 0 Å². The van der Waals surface area contributed by atoms with Crippen LogP contribution in [-0.2, 0) is 4.74 Å². The fourth-order valence-corrected chi connectivity index (χ4v) is 2.97.